The molecule has 3 aromatic rings. The molecule has 0 bridgehead atoms. The maximum absolute atomic E-state index is 6.06. The van der Waals surface area contributed by atoms with Crippen LogP contribution in [0.25, 0.3) is 22.2 Å². The molecule has 5 rings (SSSR count). The van der Waals surface area contributed by atoms with Gasteiger partial charge in [0.1, 0.15) is 0 Å². The molecule has 0 radical (unpaired) electrons. The van der Waals surface area contributed by atoms with E-state index in [1.807, 2.05) is 6.20 Å². The van der Waals surface area contributed by atoms with E-state index < -0.39 is 0 Å². The van der Waals surface area contributed by atoms with Gasteiger partial charge in [0.2, 0.25) is 0 Å². The number of aromatic nitrogens is 3. The normalized spacial score (nSPS) is 18.9. The van der Waals surface area contributed by atoms with Gasteiger partial charge < -0.3 is 5.73 Å². The molecule has 2 aliphatic carbocycles. The Balaban J connectivity index is 1.72. The quantitative estimate of drug-likeness (QED) is 0.769. The second-order valence-corrected chi connectivity index (χ2v) is 7.54. The van der Waals surface area contributed by atoms with Gasteiger partial charge in [-0.15, -0.1) is 0 Å². The number of aromatic amines is 1. The molecule has 3 N–H and O–H groups in total. The second kappa shape index (κ2) is 4.90. The highest BCUT2D eigenvalue weighted by Crippen LogP contribution is 2.49. The highest BCUT2D eigenvalue weighted by molar-refractivity contribution is 5.95. The van der Waals surface area contributed by atoms with Crippen molar-refractivity contribution in [1.82, 2.24) is 15.2 Å². The highest BCUT2D eigenvalue weighted by atomic mass is 15.2. The van der Waals surface area contributed by atoms with Crippen LogP contribution in [0.5, 0.6) is 0 Å². The van der Waals surface area contributed by atoms with Gasteiger partial charge in [-0.2, -0.15) is 5.10 Å². The van der Waals surface area contributed by atoms with Crippen LogP contribution in [-0.4, -0.2) is 21.7 Å². The predicted molar refractivity (Wildman–Crippen MR) is 96.0 cm³/mol. The average Bonchev–Trinajstić information content (AvgIpc) is 3.52. The first kappa shape index (κ1) is 14.2. The summed E-state index contributed by atoms with van der Waals surface area (Å²) in [7, 11) is 0. The summed E-state index contributed by atoms with van der Waals surface area (Å²) >= 11 is 0. The molecule has 0 spiro atoms. The fourth-order valence-electron chi connectivity index (χ4n) is 3.87. The average molecular weight is 318 g/mol. The van der Waals surface area contributed by atoms with Crippen LogP contribution in [0.3, 0.4) is 0 Å². The molecule has 24 heavy (non-hydrogen) atoms. The number of fused-ring (bicyclic) bond motifs is 1. The number of hydrogen-bond acceptors (Lipinski definition) is 3. The third-order valence-corrected chi connectivity index (χ3v) is 5.70. The first-order valence-corrected chi connectivity index (χ1v) is 8.86. The van der Waals surface area contributed by atoms with E-state index in [1.165, 1.54) is 59.0 Å². The van der Waals surface area contributed by atoms with Gasteiger partial charge in [-0.05, 0) is 55.4 Å². The summed E-state index contributed by atoms with van der Waals surface area (Å²) in [6, 6.07) is 9.04. The number of pyridine rings is 1. The summed E-state index contributed by atoms with van der Waals surface area (Å²) in [5, 5.41) is 8.88. The summed E-state index contributed by atoms with van der Waals surface area (Å²) in [4.78, 5) is 4.48. The molecule has 0 atom stereocenters. The van der Waals surface area contributed by atoms with Crippen LogP contribution in [0.4, 0.5) is 0 Å². The Labute approximate surface area is 141 Å². The maximum Gasteiger partial charge on any atom is 0.155 e. The van der Waals surface area contributed by atoms with Gasteiger partial charge in [0.05, 0.1) is 11.1 Å². The number of H-pyrrole nitrogens is 1. The second-order valence-electron chi connectivity index (χ2n) is 7.54. The molecule has 122 valence electrons. The van der Waals surface area contributed by atoms with E-state index in [0.29, 0.717) is 5.92 Å². The monoisotopic (exact) mass is 318 g/mol. The van der Waals surface area contributed by atoms with Crippen molar-refractivity contribution in [1.29, 1.82) is 0 Å². The van der Waals surface area contributed by atoms with Crippen LogP contribution in [0.15, 0.2) is 30.5 Å². The fraction of sp³-hybridized carbons (Fsp3) is 0.400. The fourth-order valence-corrected chi connectivity index (χ4v) is 3.87. The van der Waals surface area contributed by atoms with Gasteiger partial charge in [0, 0.05) is 24.1 Å². The van der Waals surface area contributed by atoms with E-state index >= 15 is 0 Å². The Kier molecular flexibility index (Phi) is 2.89. The molecule has 2 saturated carbocycles. The largest absolute Gasteiger partial charge is 0.330 e. The van der Waals surface area contributed by atoms with E-state index in [1.54, 1.807) is 0 Å². The number of nitrogens with two attached hydrogens (primary N) is 1. The Morgan fingerprint density at radius 3 is 2.79 bits per heavy atom. The van der Waals surface area contributed by atoms with Crippen molar-refractivity contribution in [2.45, 2.75) is 43.9 Å². The van der Waals surface area contributed by atoms with Crippen molar-refractivity contribution in [3.05, 3.63) is 47.3 Å². The number of nitrogens with zero attached hydrogens (tertiary/aromatic N) is 2. The van der Waals surface area contributed by atoms with Crippen molar-refractivity contribution < 1.29 is 0 Å². The van der Waals surface area contributed by atoms with Crippen LogP contribution < -0.4 is 5.73 Å². The first-order valence-electron chi connectivity index (χ1n) is 8.86. The Hall–Kier alpha value is -2.20. The van der Waals surface area contributed by atoms with E-state index in [2.05, 4.69) is 46.4 Å². The van der Waals surface area contributed by atoms with Crippen molar-refractivity contribution in [2.75, 3.05) is 6.54 Å². The molecule has 0 unspecified atom stereocenters. The summed E-state index contributed by atoms with van der Waals surface area (Å²) in [5.74, 6) is 0.602. The molecule has 2 aliphatic rings. The lowest BCUT2D eigenvalue weighted by atomic mass is 9.90. The van der Waals surface area contributed by atoms with E-state index in [-0.39, 0.29) is 5.41 Å². The Morgan fingerprint density at radius 1 is 1.25 bits per heavy atom. The third kappa shape index (κ3) is 2.09. The number of hydrogen-bond donors (Lipinski definition) is 2. The summed E-state index contributed by atoms with van der Waals surface area (Å²) in [5.41, 5.74) is 13.6. The zero-order chi connectivity index (χ0) is 16.3. The number of benzene rings is 1. The van der Waals surface area contributed by atoms with Crippen molar-refractivity contribution >= 4 is 11.0 Å². The van der Waals surface area contributed by atoms with Crippen LogP contribution in [-0.2, 0) is 5.41 Å². The molecule has 4 nitrogen and oxygen atoms in total. The van der Waals surface area contributed by atoms with E-state index in [4.69, 9.17) is 5.73 Å². The lowest BCUT2D eigenvalue weighted by Gasteiger charge is -2.16. The van der Waals surface area contributed by atoms with Crippen LogP contribution in [0.1, 0.15) is 48.4 Å². The number of aryl methyl sites for hydroxylation is 1. The van der Waals surface area contributed by atoms with Crippen LogP contribution in [0.2, 0.25) is 0 Å². The number of nitrogens with one attached hydrogen (secondary N) is 1. The van der Waals surface area contributed by atoms with E-state index in [9.17, 15) is 0 Å². The molecule has 2 fully saturated rings. The van der Waals surface area contributed by atoms with Gasteiger partial charge in [-0.1, -0.05) is 23.8 Å². The summed E-state index contributed by atoms with van der Waals surface area (Å²) < 4.78 is 0. The van der Waals surface area contributed by atoms with E-state index in [0.717, 1.165) is 12.2 Å². The van der Waals surface area contributed by atoms with Gasteiger partial charge in [0.15, 0.2) is 5.65 Å². The Morgan fingerprint density at radius 2 is 2.08 bits per heavy atom. The zero-order valence-corrected chi connectivity index (χ0v) is 14.0. The van der Waals surface area contributed by atoms with Gasteiger partial charge in [0.25, 0.3) is 0 Å². The minimum Gasteiger partial charge on any atom is -0.330 e. The highest BCUT2D eigenvalue weighted by Gasteiger charge is 2.43. The molecule has 0 saturated heterocycles. The summed E-state index contributed by atoms with van der Waals surface area (Å²) in [6.07, 6.45) is 6.77. The molecule has 2 aromatic heterocycles. The molecule has 0 aliphatic heterocycles. The molecular weight excluding hydrogens is 296 g/mol. The van der Waals surface area contributed by atoms with Gasteiger partial charge in [-0.25, -0.2) is 4.98 Å². The lowest BCUT2D eigenvalue weighted by molar-refractivity contribution is 0.704. The van der Waals surface area contributed by atoms with Crippen molar-refractivity contribution in [3.63, 3.8) is 0 Å². The first-order chi connectivity index (χ1) is 11.7. The molecule has 1 aromatic carbocycles. The van der Waals surface area contributed by atoms with Crippen LogP contribution in [0, 0.1) is 6.92 Å². The lowest BCUT2D eigenvalue weighted by Crippen LogP contribution is -2.19. The topological polar surface area (TPSA) is 67.6 Å². The van der Waals surface area contributed by atoms with Crippen LogP contribution >= 0.6 is 0 Å². The molecule has 0 amide bonds. The predicted octanol–water partition coefficient (Wildman–Crippen LogP) is 3.80. The molecule has 4 heteroatoms. The van der Waals surface area contributed by atoms with Crippen molar-refractivity contribution in [2.24, 2.45) is 5.73 Å². The van der Waals surface area contributed by atoms with Gasteiger partial charge >= 0.3 is 0 Å². The minimum atomic E-state index is 0.211. The SMILES string of the molecule is Cc1cc(-c2ccnc3[nH]nc(C4CC4)c23)cc(C2(CN)CC2)c1. The zero-order valence-electron chi connectivity index (χ0n) is 14.0. The number of rotatable bonds is 4. The molecular formula is C20H22N4. The summed E-state index contributed by atoms with van der Waals surface area (Å²) in [6.45, 7) is 2.91. The third-order valence-electron chi connectivity index (χ3n) is 5.70. The molecule has 2 heterocycles. The Bertz CT molecular complexity index is 932. The standard InChI is InChI=1S/C20H22N4/c1-12-8-14(10-15(9-12)20(11-21)5-6-20)16-4-7-22-19-17(16)18(23-24-19)13-2-3-13/h4,7-10,13H,2-3,5-6,11,21H2,1H3,(H,22,23,24). The van der Waals surface area contributed by atoms with Gasteiger partial charge in [-0.3, -0.25) is 5.10 Å². The van der Waals surface area contributed by atoms with Crippen molar-refractivity contribution in [3.8, 4) is 11.1 Å². The maximum atomic E-state index is 6.06. The minimum absolute atomic E-state index is 0.211. The smallest absolute Gasteiger partial charge is 0.155 e.